The average molecular weight is 440 g/mol. The molecule has 0 spiro atoms. The van der Waals surface area contributed by atoms with Gasteiger partial charge in [-0.3, -0.25) is 4.72 Å². The van der Waals surface area contributed by atoms with Gasteiger partial charge in [0, 0.05) is 11.4 Å². The van der Waals surface area contributed by atoms with Gasteiger partial charge in [0.2, 0.25) is 5.82 Å². The Kier molecular flexibility index (Phi) is 5.83. The smallest absolute Gasteiger partial charge is 0.263 e. The molecule has 1 heterocycles. The molecule has 0 saturated heterocycles. The monoisotopic (exact) mass is 439 g/mol. The molecule has 0 atom stereocenters. The number of hydrogen-bond donors (Lipinski definition) is 1. The maximum Gasteiger partial charge on any atom is 0.263 e. The number of para-hydroxylation sites is 2. The van der Waals surface area contributed by atoms with E-state index < -0.39 is 10.0 Å². The van der Waals surface area contributed by atoms with Crippen molar-refractivity contribution in [3.05, 3.63) is 89.4 Å². The molecule has 4 rings (SSSR count). The number of ether oxygens (including phenoxy) is 1. The van der Waals surface area contributed by atoms with Gasteiger partial charge in [0.05, 0.1) is 22.5 Å². The lowest BCUT2D eigenvalue weighted by molar-refractivity contribution is 0.311. The third-order valence-corrected chi connectivity index (χ3v) is 5.97. The molecule has 0 fully saturated rings. The van der Waals surface area contributed by atoms with Crippen LogP contribution < -0.4 is 9.46 Å². The van der Waals surface area contributed by atoms with E-state index in [4.69, 9.17) is 16.3 Å². The molecule has 1 N–H and O–H groups in total. The lowest BCUT2D eigenvalue weighted by Gasteiger charge is -2.13. The van der Waals surface area contributed by atoms with Crippen molar-refractivity contribution in [3.8, 4) is 5.88 Å². The van der Waals surface area contributed by atoms with Gasteiger partial charge < -0.3 is 4.74 Å². The first-order valence-electron chi connectivity index (χ1n) is 9.23. The highest BCUT2D eigenvalue weighted by atomic mass is 35.5. The molecular weight excluding hydrogens is 422 g/mol. The molecular formula is C22H18ClN3O3S. The first kappa shape index (κ1) is 20.1. The highest BCUT2D eigenvalue weighted by Crippen LogP contribution is 2.26. The number of fused-ring (bicyclic) bond motifs is 1. The highest BCUT2D eigenvalue weighted by Gasteiger charge is 2.19. The summed E-state index contributed by atoms with van der Waals surface area (Å²) < 4.78 is 34.0. The molecule has 0 unspecified atom stereocenters. The second-order valence-corrected chi connectivity index (χ2v) is 8.63. The van der Waals surface area contributed by atoms with E-state index in [1.165, 1.54) is 24.3 Å². The zero-order valence-electron chi connectivity index (χ0n) is 15.8. The molecule has 1 aromatic heterocycles. The van der Waals surface area contributed by atoms with Crippen LogP contribution in [-0.2, 0) is 16.4 Å². The maximum atomic E-state index is 12.8. The van der Waals surface area contributed by atoms with Crippen LogP contribution in [0.4, 0.5) is 5.82 Å². The predicted molar refractivity (Wildman–Crippen MR) is 117 cm³/mol. The van der Waals surface area contributed by atoms with Crippen molar-refractivity contribution in [2.24, 2.45) is 0 Å². The normalized spacial score (nSPS) is 11.4. The summed E-state index contributed by atoms with van der Waals surface area (Å²) in [6, 6.07) is 22.9. The minimum absolute atomic E-state index is 0.0386. The number of anilines is 1. The van der Waals surface area contributed by atoms with Crippen LogP contribution in [0, 0.1) is 0 Å². The Morgan fingerprint density at radius 2 is 1.47 bits per heavy atom. The highest BCUT2D eigenvalue weighted by molar-refractivity contribution is 7.92. The van der Waals surface area contributed by atoms with Crippen LogP contribution >= 0.6 is 11.6 Å². The number of benzene rings is 3. The zero-order valence-corrected chi connectivity index (χ0v) is 17.4. The molecule has 6 nitrogen and oxygen atoms in total. The number of sulfonamides is 1. The SMILES string of the molecule is O=S(=O)(Nc1nc2ccccc2nc1OCCc1ccccc1)c1ccc(Cl)cc1. The second kappa shape index (κ2) is 8.69. The van der Waals surface area contributed by atoms with E-state index >= 15 is 0 Å². The fraction of sp³-hybridized carbons (Fsp3) is 0.0909. The second-order valence-electron chi connectivity index (χ2n) is 6.51. The van der Waals surface area contributed by atoms with Crippen molar-refractivity contribution in [1.82, 2.24) is 9.97 Å². The number of aromatic nitrogens is 2. The quantitative estimate of drug-likeness (QED) is 0.451. The Morgan fingerprint density at radius 1 is 0.833 bits per heavy atom. The van der Waals surface area contributed by atoms with E-state index in [1.54, 1.807) is 12.1 Å². The summed E-state index contributed by atoms with van der Waals surface area (Å²) in [4.78, 5) is 8.96. The van der Waals surface area contributed by atoms with Crippen LogP contribution in [-0.4, -0.2) is 25.0 Å². The molecule has 0 saturated carbocycles. The van der Waals surface area contributed by atoms with Crippen LogP contribution in [0.25, 0.3) is 11.0 Å². The molecule has 0 bridgehead atoms. The van der Waals surface area contributed by atoms with Gasteiger partial charge in [0.15, 0.2) is 0 Å². The third-order valence-electron chi connectivity index (χ3n) is 4.37. The average Bonchev–Trinajstić information content (AvgIpc) is 2.75. The number of rotatable bonds is 7. The summed E-state index contributed by atoms with van der Waals surface area (Å²) in [7, 11) is -3.89. The first-order valence-corrected chi connectivity index (χ1v) is 11.1. The Bertz CT molecular complexity index is 1260. The number of nitrogens with one attached hydrogen (secondary N) is 1. The van der Waals surface area contributed by atoms with E-state index in [9.17, 15) is 8.42 Å². The van der Waals surface area contributed by atoms with E-state index in [0.717, 1.165) is 5.56 Å². The minimum Gasteiger partial charge on any atom is -0.475 e. The summed E-state index contributed by atoms with van der Waals surface area (Å²) in [5.41, 5.74) is 2.28. The third kappa shape index (κ3) is 4.69. The minimum atomic E-state index is -3.89. The Morgan fingerprint density at radius 3 is 2.17 bits per heavy atom. The molecule has 3 aromatic carbocycles. The van der Waals surface area contributed by atoms with E-state index in [1.807, 2.05) is 42.5 Å². The van der Waals surface area contributed by atoms with Crippen LogP contribution in [0.15, 0.2) is 83.8 Å². The lowest BCUT2D eigenvalue weighted by atomic mass is 10.2. The van der Waals surface area contributed by atoms with Gasteiger partial charge >= 0.3 is 0 Å². The van der Waals surface area contributed by atoms with Crippen LogP contribution in [0.2, 0.25) is 5.02 Å². The first-order chi connectivity index (χ1) is 14.5. The molecule has 0 amide bonds. The molecule has 0 aliphatic rings. The van der Waals surface area contributed by atoms with Crippen LogP contribution in [0.1, 0.15) is 5.56 Å². The molecule has 0 radical (unpaired) electrons. The van der Waals surface area contributed by atoms with Crippen molar-refractivity contribution in [3.63, 3.8) is 0 Å². The van der Waals surface area contributed by atoms with Crippen molar-refractivity contribution >= 4 is 38.5 Å². The molecule has 152 valence electrons. The van der Waals surface area contributed by atoms with Crippen LogP contribution in [0.3, 0.4) is 0 Å². The number of hydrogen-bond acceptors (Lipinski definition) is 5. The summed E-state index contributed by atoms with van der Waals surface area (Å²) in [6.45, 7) is 0.326. The Balaban J connectivity index is 1.63. The zero-order chi connectivity index (χ0) is 21.0. The maximum absolute atomic E-state index is 12.8. The lowest BCUT2D eigenvalue weighted by Crippen LogP contribution is -2.16. The van der Waals surface area contributed by atoms with E-state index in [-0.39, 0.29) is 16.6 Å². The Hall–Kier alpha value is -3.16. The van der Waals surface area contributed by atoms with Gasteiger partial charge in [0.1, 0.15) is 0 Å². The molecule has 4 aromatic rings. The molecule has 0 aliphatic carbocycles. The van der Waals surface area contributed by atoms with Gasteiger partial charge in [-0.1, -0.05) is 54.1 Å². The molecule has 8 heteroatoms. The summed E-state index contributed by atoms with van der Waals surface area (Å²) in [6.07, 6.45) is 0.652. The molecule has 0 aliphatic heterocycles. The summed E-state index contributed by atoms with van der Waals surface area (Å²) in [5.74, 6) is 0.166. The Labute approximate surface area is 179 Å². The van der Waals surface area contributed by atoms with E-state index in [0.29, 0.717) is 29.1 Å². The fourth-order valence-corrected chi connectivity index (χ4v) is 3.99. The van der Waals surface area contributed by atoms with Gasteiger partial charge in [-0.15, -0.1) is 0 Å². The van der Waals surface area contributed by atoms with Crippen molar-refractivity contribution in [2.45, 2.75) is 11.3 Å². The van der Waals surface area contributed by atoms with Crippen molar-refractivity contribution in [2.75, 3.05) is 11.3 Å². The van der Waals surface area contributed by atoms with E-state index in [2.05, 4.69) is 14.7 Å². The van der Waals surface area contributed by atoms with Crippen molar-refractivity contribution in [1.29, 1.82) is 0 Å². The van der Waals surface area contributed by atoms with Gasteiger partial charge in [-0.05, 0) is 42.0 Å². The van der Waals surface area contributed by atoms with Crippen molar-refractivity contribution < 1.29 is 13.2 Å². The molecule has 30 heavy (non-hydrogen) atoms. The largest absolute Gasteiger partial charge is 0.475 e. The summed E-state index contributed by atoms with van der Waals surface area (Å²) in [5, 5.41) is 0.449. The van der Waals surface area contributed by atoms with Gasteiger partial charge in [0.25, 0.3) is 15.9 Å². The van der Waals surface area contributed by atoms with Gasteiger partial charge in [-0.25, -0.2) is 18.4 Å². The number of nitrogens with zero attached hydrogens (tertiary/aromatic N) is 2. The topological polar surface area (TPSA) is 81.2 Å². The number of halogens is 1. The fourth-order valence-electron chi connectivity index (χ4n) is 2.86. The standard InChI is InChI=1S/C22H18ClN3O3S/c23-17-10-12-18(13-11-17)30(27,28)26-21-22(25-20-9-5-4-8-19(20)24-21)29-15-14-16-6-2-1-3-7-16/h1-13H,14-15H2,(H,24,26). The van der Waals surface area contributed by atoms with Gasteiger partial charge in [-0.2, -0.15) is 0 Å². The van der Waals surface area contributed by atoms with Crippen LogP contribution in [0.5, 0.6) is 5.88 Å². The summed E-state index contributed by atoms with van der Waals surface area (Å²) >= 11 is 5.86. The predicted octanol–water partition coefficient (Wildman–Crippen LogP) is 4.71.